The van der Waals surface area contributed by atoms with Crippen molar-refractivity contribution in [1.82, 2.24) is 15.2 Å². The Morgan fingerprint density at radius 1 is 1.43 bits per heavy atom. The number of pyridine rings is 1. The third-order valence-corrected chi connectivity index (χ3v) is 3.86. The summed E-state index contributed by atoms with van der Waals surface area (Å²) in [6, 6.07) is 4.14. The summed E-state index contributed by atoms with van der Waals surface area (Å²) in [7, 11) is 0. The molecule has 21 heavy (non-hydrogen) atoms. The molecule has 1 saturated heterocycles. The van der Waals surface area contributed by atoms with Crippen LogP contribution in [0.4, 0.5) is 0 Å². The Labute approximate surface area is 125 Å². The predicted octanol–water partition coefficient (Wildman–Crippen LogP) is 1.31. The zero-order chi connectivity index (χ0) is 15.2. The van der Waals surface area contributed by atoms with E-state index in [1.165, 1.54) is 12.5 Å². The molecule has 1 fully saturated rings. The number of aromatic nitrogens is 1. The van der Waals surface area contributed by atoms with Gasteiger partial charge in [0, 0.05) is 31.9 Å². The van der Waals surface area contributed by atoms with Crippen LogP contribution in [0.2, 0.25) is 0 Å². The minimum atomic E-state index is -0.164. The van der Waals surface area contributed by atoms with E-state index in [0.29, 0.717) is 5.92 Å². The molecule has 0 aliphatic carbocycles. The molecule has 2 heterocycles. The van der Waals surface area contributed by atoms with Gasteiger partial charge in [0.25, 0.3) is 0 Å². The standard InChI is InChI=1S/C16H23N3O2/c1-12-5-6-14(9-17-12)8-15-4-3-7-19(11-15)16(21)10-18-13(2)20/h5-6,9,15H,3-4,7-8,10-11H2,1-2H3,(H,18,20)/t15-/m1/s1. The molecule has 1 atom stereocenters. The van der Waals surface area contributed by atoms with E-state index in [4.69, 9.17) is 0 Å². The third-order valence-electron chi connectivity index (χ3n) is 3.86. The number of likely N-dealkylation sites (tertiary alicyclic amines) is 1. The van der Waals surface area contributed by atoms with E-state index in [2.05, 4.69) is 16.4 Å². The van der Waals surface area contributed by atoms with Gasteiger partial charge in [0.05, 0.1) is 6.54 Å². The van der Waals surface area contributed by atoms with Crippen molar-refractivity contribution in [3.63, 3.8) is 0 Å². The second-order valence-electron chi connectivity index (χ2n) is 5.77. The second kappa shape index (κ2) is 7.20. The summed E-state index contributed by atoms with van der Waals surface area (Å²) >= 11 is 0. The van der Waals surface area contributed by atoms with Crippen molar-refractivity contribution in [2.45, 2.75) is 33.1 Å². The smallest absolute Gasteiger partial charge is 0.241 e. The summed E-state index contributed by atoms with van der Waals surface area (Å²) in [6.07, 6.45) is 5.04. The first-order chi connectivity index (χ1) is 10.0. The Bertz CT molecular complexity index is 499. The van der Waals surface area contributed by atoms with Gasteiger partial charge in [-0.15, -0.1) is 0 Å². The molecule has 0 spiro atoms. The highest BCUT2D eigenvalue weighted by atomic mass is 16.2. The van der Waals surface area contributed by atoms with Gasteiger partial charge in [-0.25, -0.2) is 0 Å². The lowest BCUT2D eigenvalue weighted by Gasteiger charge is -2.33. The quantitative estimate of drug-likeness (QED) is 0.909. The molecule has 0 unspecified atom stereocenters. The van der Waals surface area contributed by atoms with Gasteiger partial charge in [0.1, 0.15) is 0 Å². The normalized spacial score (nSPS) is 18.4. The van der Waals surface area contributed by atoms with Gasteiger partial charge >= 0.3 is 0 Å². The van der Waals surface area contributed by atoms with E-state index in [1.807, 2.05) is 24.1 Å². The molecule has 0 aromatic carbocycles. The lowest BCUT2D eigenvalue weighted by molar-refractivity contribution is -0.134. The van der Waals surface area contributed by atoms with Gasteiger partial charge in [-0.1, -0.05) is 6.07 Å². The number of nitrogens with one attached hydrogen (secondary N) is 1. The molecule has 1 aliphatic heterocycles. The van der Waals surface area contributed by atoms with Crippen molar-refractivity contribution in [3.8, 4) is 0 Å². The number of aryl methyl sites for hydroxylation is 1. The van der Waals surface area contributed by atoms with E-state index in [1.54, 1.807) is 0 Å². The van der Waals surface area contributed by atoms with Crippen LogP contribution in [0.3, 0.4) is 0 Å². The van der Waals surface area contributed by atoms with Gasteiger partial charge in [-0.05, 0) is 43.7 Å². The maximum Gasteiger partial charge on any atom is 0.241 e. The summed E-state index contributed by atoms with van der Waals surface area (Å²) in [4.78, 5) is 29.1. The minimum absolute atomic E-state index is 0.0110. The zero-order valence-electron chi connectivity index (χ0n) is 12.8. The highest BCUT2D eigenvalue weighted by Crippen LogP contribution is 2.20. The van der Waals surface area contributed by atoms with Crippen LogP contribution in [0.5, 0.6) is 0 Å². The molecule has 1 N–H and O–H groups in total. The number of hydrogen-bond acceptors (Lipinski definition) is 3. The first-order valence-corrected chi connectivity index (χ1v) is 7.48. The summed E-state index contributed by atoms with van der Waals surface area (Å²) < 4.78 is 0. The molecule has 0 saturated carbocycles. The molecule has 1 aromatic heterocycles. The van der Waals surface area contributed by atoms with Gasteiger partial charge in [0.15, 0.2) is 0 Å². The maximum absolute atomic E-state index is 12.0. The SMILES string of the molecule is CC(=O)NCC(=O)N1CCC[C@H](Cc2ccc(C)nc2)C1. The van der Waals surface area contributed by atoms with Crippen LogP contribution in [0.25, 0.3) is 0 Å². The van der Waals surface area contributed by atoms with E-state index in [9.17, 15) is 9.59 Å². The summed E-state index contributed by atoms with van der Waals surface area (Å²) in [6.45, 7) is 5.07. The molecular formula is C16H23N3O2. The fourth-order valence-corrected chi connectivity index (χ4v) is 2.72. The van der Waals surface area contributed by atoms with Crippen LogP contribution in [0.15, 0.2) is 18.3 Å². The number of hydrogen-bond donors (Lipinski definition) is 1. The Kier molecular flexibility index (Phi) is 5.31. The van der Waals surface area contributed by atoms with Crippen molar-refractivity contribution in [2.75, 3.05) is 19.6 Å². The number of nitrogens with zero attached hydrogens (tertiary/aromatic N) is 2. The number of carbonyl (C=O) groups excluding carboxylic acids is 2. The molecule has 5 nitrogen and oxygen atoms in total. The third kappa shape index (κ3) is 4.85. The number of amides is 2. The monoisotopic (exact) mass is 289 g/mol. The largest absolute Gasteiger partial charge is 0.347 e. The molecule has 5 heteroatoms. The lowest BCUT2D eigenvalue weighted by atomic mass is 9.92. The van der Waals surface area contributed by atoms with Crippen molar-refractivity contribution < 1.29 is 9.59 Å². The Morgan fingerprint density at radius 3 is 2.90 bits per heavy atom. The first-order valence-electron chi connectivity index (χ1n) is 7.48. The van der Waals surface area contributed by atoms with E-state index < -0.39 is 0 Å². The van der Waals surface area contributed by atoms with Crippen molar-refractivity contribution >= 4 is 11.8 Å². The molecular weight excluding hydrogens is 266 g/mol. The Morgan fingerprint density at radius 2 is 2.24 bits per heavy atom. The fourth-order valence-electron chi connectivity index (χ4n) is 2.72. The van der Waals surface area contributed by atoms with Gasteiger partial charge in [0.2, 0.25) is 11.8 Å². The predicted molar refractivity (Wildman–Crippen MR) is 80.7 cm³/mol. The van der Waals surface area contributed by atoms with Crippen LogP contribution in [0, 0.1) is 12.8 Å². The maximum atomic E-state index is 12.0. The van der Waals surface area contributed by atoms with E-state index in [0.717, 1.165) is 38.0 Å². The van der Waals surface area contributed by atoms with Crippen LogP contribution in [0.1, 0.15) is 31.0 Å². The number of rotatable bonds is 4. The lowest BCUT2D eigenvalue weighted by Crippen LogP contribution is -2.45. The van der Waals surface area contributed by atoms with Gasteiger partial charge in [-0.3, -0.25) is 14.6 Å². The molecule has 114 valence electrons. The molecule has 1 aromatic rings. The van der Waals surface area contributed by atoms with Crippen molar-refractivity contribution in [3.05, 3.63) is 29.6 Å². The van der Waals surface area contributed by atoms with Crippen molar-refractivity contribution in [1.29, 1.82) is 0 Å². The molecule has 0 radical (unpaired) electrons. The van der Waals surface area contributed by atoms with Crippen LogP contribution in [-0.2, 0) is 16.0 Å². The summed E-state index contributed by atoms with van der Waals surface area (Å²) in [5.41, 5.74) is 2.25. The average Bonchev–Trinajstić information content (AvgIpc) is 2.47. The van der Waals surface area contributed by atoms with Crippen LogP contribution < -0.4 is 5.32 Å². The Balaban J connectivity index is 1.86. The van der Waals surface area contributed by atoms with E-state index >= 15 is 0 Å². The number of carbonyl (C=O) groups is 2. The Hall–Kier alpha value is -1.91. The van der Waals surface area contributed by atoms with Gasteiger partial charge in [-0.2, -0.15) is 0 Å². The summed E-state index contributed by atoms with van der Waals surface area (Å²) in [5.74, 6) is 0.323. The fraction of sp³-hybridized carbons (Fsp3) is 0.562. The van der Waals surface area contributed by atoms with Gasteiger partial charge < -0.3 is 10.2 Å². The molecule has 1 aliphatic rings. The molecule has 2 amide bonds. The second-order valence-corrected chi connectivity index (χ2v) is 5.77. The zero-order valence-corrected chi connectivity index (χ0v) is 12.8. The molecule has 2 rings (SSSR count). The summed E-state index contributed by atoms with van der Waals surface area (Å²) in [5, 5.41) is 2.57. The topological polar surface area (TPSA) is 62.3 Å². The number of piperidine rings is 1. The van der Waals surface area contributed by atoms with Crippen LogP contribution >= 0.6 is 0 Å². The average molecular weight is 289 g/mol. The molecule has 0 bridgehead atoms. The first kappa shape index (κ1) is 15.5. The van der Waals surface area contributed by atoms with E-state index in [-0.39, 0.29) is 18.4 Å². The highest BCUT2D eigenvalue weighted by Gasteiger charge is 2.23. The highest BCUT2D eigenvalue weighted by molar-refractivity contribution is 5.83. The minimum Gasteiger partial charge on any atom is -0.347 e. The van der Waals surface area contributed by atoms with Crippen LogP contribution in [-0.4, -0.2) is 41.3 Å². The van der Waals surface area contributed by atoms with Crippen molar-refractivity contribution in [2.24, 2.45) is 5.92 Å².